The van der Waals surface area contributed by atoms with Crippen molar-refractivity contribution in [3.05, 3.63) is 0 Å². The van der Waals surface area contributed by atoms with Gasteiger partial charge in [0, 0.05) is 24.4 Å². The van der Waals surface area contributed by atoms with Crippen molar-refractivity contribution >= 4 is 17.9 Å². The first kappa shape index (κ1) is 14.6. The summed E-state index contributed by atoms with van der Waals surface area (Å²) in [7, 11) is 0. The summed E-state index contributed by atoms with van der Waals surface area (Å²) in [4.78, 5) is 11.5. The lowest BCUT2D eigenvalue weighted by Crippen LogP contribution is -2.53. The molecule has 100 valence electrons. The van der Waals surface area contributed by atoms with Gasteiger partial charge in [0.2, 0.25) is 0 Å². The normalized spacial score (nSPS) is 24.0. The number of ether oxygens (including phenoxy) is 1. The van der Waals surface area contributed by atoms with Gasteiger partial charge in [-0.05, 0) is 39.9 Å². The number of carbonyl (C=O) groups is 1. The first-order valence-electron chi connectivity index (χ1n) is 6.12. The van der Waals surface area contributed by atoms with E-state index < -0.39 is 5.60 Å². The third-order valence-electron chi connectivity index (χ3n) is 2.60. The molecule has 0 aromatic rings. The molecule has 1 aliphatic carbocycles. The number of nitrogens with one attached hydrogen (secondary N) is 2. The number of hydrogen-bond donors (Lipinski definition) is 2. The SMILES string of the molecule is CSCCNC1CC(NC(=O)OC(C)(C)C)C1. The van der Waals surface area contributed by atoms with Crippen molar-refractivity contribution < 1.29 is 9.53 Å². The van der Waals surface area contributed by atoms with Crippen LogP contribution in [0.5, 0.6) is 0 Å². The highest BCUT2D eigenvalue weighted by Gasteiger charge is 2.30. The van der Waals surface area contributed by atoms with Crippen LogP contribution < -0.4 is 10.6 Å². The molecule has 0 aromatic carbocycles. The van der Waals surface area contributed by atoms with Crippen LogP contribution in [0.25, 0.3) is 0 Å². The Labute approximate surface area is 108 Å². The molecule has 0 aliphatic heterocycles. The molecule has 0 aromatic heterocycles. The van der Waals surface area contributed by atoms with Crippen molar-refractivity contribution in [3.8, 4) is 0 Å². The summed E-state index contributed by atoms with van der Waals surface area (Å²) in [5.74, 6) is 1.14. The van der Waals surface area contributed by atoms with Crippen molar-refractivity contribution in [3.63, 3.8) is 0 Å². The van der Waals surface area contributed by atoms with Crippen LogP contribution in [0.2, 0.25) is 0 Å². The molecule has 1 amide bonds. The third-order valence-corrected chi connectivity index (χ3v) is 3.21. The molecule has 0 saturated heterocycles. The lowest BCUT2D eigenvalue weighted by molar-refractivity contribution is 0.0466. The number of amides is 1. The summed E-state index contributed by atoms with van der Waals surface area (Å²) in [6.45, 7) is 6.67. The molecule has 0 unspecified atom stereocenters. The van der Waals surface area contributed by atoms with Crippen molar-refractivity contribution in [1.29, 1.82) is 0 Å². The summed E-state index contributed by atoms with van der Waals surface area (Å²) in [5.41, 5.74) is -0.413. The molecule has 5 heteroatoms. The van der Waals surface area contributed by atoms with Crippen molar-refractivity contribution in [2.24, 2.45) is 0 Å². The summed E-state index contributed by atoms with van der Waals surface area (Å²) in [5, 5.41) is 6.35. The number of alkyl carbamates (subject to hydrolysis) is 1. The average molecular weight is 260 g/mol. The molecule has 0 radical (unpaired) electrons. The maximum atomic E-state index is 11.5. The van der Waals surface area contributed by atoms with Gasteiger partial charge >= 0.3 is 6.09 Å². The first-order valence-corrected chi connectivity index (χ1v) is 7.52. The number of hydrogen-bond acceptors (Lipinski definition) is 4. The van der Waals surface area contributed by atoms with Gasteiger partial charge in [-0.15, -0.1) is 0 Å². The van der Waals surface area contributed by atoms with Crippen LogP contribution in [0, 0.1) is 0 Å². The van der Waals surface area contributed by atoms with E-state index in [2.05, 4.69) is 16.9 Å². The van der Waals surface area contributed by atoms with E-state index in [1.54, 1.807) is 0 Å². The molecule has 17 heavy (non-hydrogen) atoms. The first-order chi connectivity index (χ1) is 7.90. The second-order valence-electron chi connectivity index (χ2n) is 5.46. The summed E-state index contributed by atoms with van der Waals surface area (Å²) in [6, 6.07) is 0.832. The van der Waals surface area contributed by atoms with Gasteiger partial charge < -0.3 is 15.4 Å². The van der Waals surface area contributed by atoms with Gasteiger partial charge in [0.25, 0.3) is 0 Å². The Balaban J connectivity index is 2.07. The van der Waals surface area contributed by atoms with Crippen LogP contribution in [0.1, 0.15) is 33.6 Å². The summed E-state index contributed by atoms with van der Waals surface area (Å²) >= 11 is 1.84. The Morgan fingerprint density at radius 2 is 2.00 bits per heavy atom. The quantitative estimate of drug-likeness (QED) is 0.742. The monoisotopic (exact) mass is 260 g/mol. The van der Waals surface area contributed by atoms with E-state index >= 15 is 0 Å². The fourth-order valence-corrected chi connectivity index (χ4v) is 2.06. The molecular weight excluding hydrogens is 236 g/mol. The van der Waals surface area contributed by atoms with Gasteiger partial charge in [-0.1, -0.05) is 0 Å². The topological polar surface area (TPSA) is 50.4 Å². The second kappa shape index (κ2) is 6.50. The van der Waals surface area contributed by atoms with Gasteiger partial charge in [-0.2, -0.15) is 11.8 Å². The van der Waals surface area contributed by atoms with E-state index in [1.165, 1.54) is 0 Å². The molecule has 0 spiro atoms. The molecule has 4 nitrogen and oxygen atoms in total. The maximum Gasteiger partial charge on any atom is 0.407 e. The lowest BCUT2D eigenvalue weighted by Gasteiger charge is -2.36. The van der Waals surface area contributed by atoms with Crippen molar-refractivity contribution in [2.75, 3.05) is 18.6 Å². The highest BCUT2D eigenvalue weighted by molar-refractivity contribution is 7.98. The maximum absolute atomic E-state index is 11.5. The van der Waals surface area contributed by atoms with E-state index in [0.717, 1.165) is 25.1 Å². The van der Waals surface area contributed by atoms with Crippen LogP contribution in [0.15, 0.2) is 0 Å². The minimum absolute atomic E-state index is 0.275. The smallest absolute Gasteiger partial charge is 0.407 e. The minimum atomic E-state index is -0.413. The molecule has 2 N–H and O–H groups in total. The molecule has 1 rings (SSSR count). The summed E-state index contributed by atoms with van der Waals surface area (Å²) in [6.07, 6.45) is 3.82. The van der Waals surface area contributed by atoms with E-state index in [0.29, 0.717) is 6.04 Å². The van der Waals surface area contributed by atoms with Gasteiger partial charge in [0.1, 0.15) is 5.60 Å². The Kier molecular flexibility index (Phi) is 5.59. The molecule has 0 atom stereocenters. The Hall–Kier alpha value is -0.420. The predicted octanol–water partition coefficient (Wildman–Crippen LogP) is 1.99. The zero-order valence-corrected chi connectivity index (χ0v) is 12.0. The van der Waals surface area contributed by atoms with Crippen LogP contribution in [-0.4, -0.2) is 42.3 Å². The Morgan fingerprint density at radius 1 is 1.35 bits per heavy atom. The van der Waals surface area contributed by atoms with Gasteiger partial charge in [0.05, 0.1) is 0 Å². The Bertz CT molecular complexity index is 247. The van der Waals surface area contributed by atoms with E-state index in [1.807, 2.05) is 32.5 Å². The zero-order valence-electron chi connectivity index (χ0n) is 11.2. The molecular formula is C12H24N2O2S. The highest BCUT2D eigenvalue weighted by Crippen LogP contribution is 2.20. The molecule has 1 aliphatic rings. The van der Waals surface area contributed by atoms with E-state index in [9.17, 15) is 4.79 Å². The van der Waals surface area contributed by atoms with Crippen LogP contribution in [0.4, 0.5) is 4.79 Å². The minimum Gasteiger partial charge on any atom is -0.444 e. The van der Waals surface area contributed by atoms with E-state index in [-0.39, 0.29) is 12.1 Å². The number of thioether (sulfide) groups is 1. The van der Waals surface area contributed by atoms with Crippen LogP contribution in [-0.2, 0) is 4.74 Å². The molecule has 0 bridgehead atoms. The predicted molar refractivity (Wildman–Crippen MR) is 72.6 cm³/mol. The second-order valence-corrected chi connectivity index (χ2v) is 6.44. The van der Waals surface area contributed by atoms with Crippen molar-refractivity contribution in [2.45, 2.75) is 51.3 Å². The fourth-order valence-electron chi connectivity index (χ4n) is 1.74. The number of rotatable bonds is 5. The molecule has 0 heterocycles. The van der Waals surface area contributed by atoms with Crippen molar-refractivity contribution in [1.82, 2.24) is 10.6 Å². The Morgan fingerprint density at radius 3 is 2.53 bits per heavy atom. The van der Waals surface area contributed by atoms with E-state index in [4.69, 9.17) is 4.74 Å². The highest BCUT2D eigenvalue weighted by atomic mass is 32.2. The van der Waals surface area contributed by atoms with Crippen LogP contribution in [0.3, 0.4) is 0 Å². The van der Waals surface area contributed by atoms with Gasteiger partial charge in [0.15, 0.2) is 0 Å². The molecule has 1 fully saturated rings. The zero-order chi connectivity index (χ0) is 12.9. The van der Waals surface area contributed by atoms with Gasteiger partial charge in [-0.25, -0.2) is 4.79 Å². The summed E-state index contributed by atoms with van der Waals surface area (Å²) < 4.78 is 5.20. The average Bonchev–Trinajstić information content (AvgIpc) is 2.10. The fraction of sp³-hybridized carbons (Fsp3) is 0.917. The number of carbonyl (C=O) groups excluding carboxylic acids is 1. The van der Waals surface area contributed by atoms with Gasteiger partial charge in [-0.3, -0.25) is 0 Å². The lowest BCUT2D eigenvalue weighted by atomic mass is 9.87. The van der Waals surface area contributed by atoms with Crippen LogP contribution >= 0.6 is 11.8 Å². The molecule has 1 saturated carbocycles. The largest absolute Gasteiger partial charge is 0.444 e. The third kappa shape index (κ3) is 6.17. The standard InChI is InChI=1S/C12H24N2O2S/c1-12(2,3)16-11(15)14-10-7-9(8-10)13-5-6-17-4/h9-10,13H,5-8H2,1-4H3,(H,14,15).